The zero-order chi connectivity index (χ0) is 12.8. The van der Waals surface area contributed by atoms with E-state index in [0.29, 0.717) is 5.15 Å². The highest BCUT2D eigenvalue weighted by atomic mass is 35.5. The van der Waals surface area contributed by atoms with E-state index in [1.54, 1.807) is 0 Å². The molecule has 0 amide bonds. The van der Waals surface area contributed by atoms with Crippen LogP contribution in [0.4, 0.5) is 11.5 Å². The van der Waals surface area contributed by atoms with Crippen LogP contribution >= 0.6 is 11.6 Å². The van der Waals surface area contributed by atoms with Crippen molar-refractivity contribution in [2.45, 2.75) is 34.1 Å². The van der Waals surface area contributed by atoms with Crippen LogP contribution in [-0.4, -0.2) is 24.6 Å². The van der Waals surface area contributed by atoms with Gasteiger partial charge in [-0.1, -0.05) is 25.4 Å². The lowest BCUT2D eigenvalue weighted by atomic mass is 10.2. The van der Waals surface area contributed by atoms with Crippen LogP contribution in [0.15, 0.2) is 6.07 Å². The number of aromatic nitrogens is 1. The maximum atomic E-state index is 6.02. The lowest BCUT2D eigenvalue weighted by Gasteiger charge is -2.22. The van der Waals surface area contributed by atoms with Crippen molar-refractivity contribution in [3.63, 3.8) is 0 Å². The van der Waals surface area contributed by atoms with Crippen LogP contribution in [0.3, 0.4) is 0 Å². The minimum atomic E-state index is 0.596. The van der Waals surface area contributed by atoms with Gasteiger partial charge in [0, 0.05) is 19.6 Å². The first kappa shape index (κ1) is 14.1. The van der Waals surface area contributed by atoms with E-state index in [4.69, 9.17) is 11.6 Å². The Balaban J connectivity index is 0.000000686. The number of nitrogens with one attached hydrogen (secondary N) is 1. The molecule has 0 radical (unpaired) electrons. The van der Waals surface area contributed by atoms with Gasteiger partial charge in [0.2, 0.25) is 0 Å². The molecule has 96 valence electrons. The highest BCUT2D eigenvalue weighted by Gasteiger charge is 2.16. The van der Waals surface area contributed by atoms with Gasteiger partial charge in [-0.25, -0.2) is 4.98 Å². The molecule has 1 aliphatic rings. The summed E-state index contributed by atoms with van der Waals surface area (Å²) < 4.78 is 0. The van der Waals surface area contributed by atoms with E-state index in [1.807, 2.05) is 20.8 Å². The van der Waals surface area contributed by atoms with Gasteiger partial charge in [-0.05, 0) is 31.9 Å². The predicted octanol–water partition coefficient (Wildman–Crippen LogP) is 3.71. The zero-order valence-electron chi connectivity index (χ0n) is 11.2. The van der Waals surface area contributed by atoms with Crippen molar-refractivity contribution in [2.24, 2.45) is 0 Å². The molecule has 2 rings (SSSR count). The van der Waals surface area contributed by atoms with Gasteiger partial charge in [0.25, 0.3) is 0 Å². The Bertz CT molecular complexity index is 366. The second-order valence-electron chi connectivity index (χ2n) is 3.82. The number of halogens is 1. The Morgan fingerprint density at radius 1 is 1.47 bits per heavy atom. The third-order valence-electron chi connectivity index (χ3n) is 2.75. The van der Waals surface area contributed by atoms with Gasteiger partial charge in [-0.15, -0.1) is 0 Å². The number of hydrogen-bond donors (Lipinski definition) is 1. The molecule has 0 aliphatic carbocycles. The van der Waals surface area contributed by atoms with Crippen LogP contribution in [0, 0.1) is 6.92 Å². The Morgan fingerprint density at radius 2 is 2.18 bits per heavy atom. The van der Waals surface area contributed by atoms with E-state index >= 15 is 0 Å². The Morgan fingerprint density at radius 3 is 2.82 bits per heavy atom. The number of fused-ring (bicyclic) bond motifs is 1. The van der Waals surface area contributed by atoms with Gasteiger partial charge in [0.05, 0.1) is 5.69 Å². The van der Waals surface area contributed by atoms with E-state index in [2.05, 4.69) is 28.2 Å². The number of aryl methyl sites for hydroxylation is 1. The molecule has 1 aliphatic heterocycles. The number of pyridine rings is 1. The molecular formula is C13H22ClN3. The van der Waals surface area contributed by atoms with Crippen molar-refractivity contribution in [1.82, 2.24) is 4.98 Å². The molecule has 0 bridgehead atoms. The first-order chi connectivity index (χ1) is 8.22. The summed E-state index contributed by atoms with van der Waals surface area (Å²) in [5, 5.41) is 3.92. The zero-order valence-corrected chi connectivity index (χ0v) is 11.9. The normalized spacial score (nSPS) is 14.1. The smallest absolute Gasteiger partial charge is 0.151 e. The third-order valence-corrected chi connectivity index (χ3v) is 3.13. The van der Waals surface area contributed by atoms with Crippen LogP contribution in [-0.2, 0) is 0 Å². The van der Waals surface area contributed by atoms with Gasteiger partial charge in [-0.2, -0.15) is 0 Å². The van der Waals surface area contributed by atoms with Gasteiger partial charge >= 0.3 is 0 Å². The van der Waals surface area contributed by atoms with Crippen molar-refractivity contribution in [3.05, 3.63) is 16.8 Å². The number of anilines is 2. The van der Waals surface area contributed by atoms with Crippen molar-refractivity contribution in [2.75, 3.05) is 29.9 Å². The van der Waals surface area contributed by atoms with E-state index < -0.39 is 0 Å². The molecule has 0 fully saturated rings. The molecular weight excluding hydrogens is 234 g/mol. The van der Waals surface area contributed by atoms with Gasteiger partial charge in [0.15, 0.2) is 5.82 Å². The summed E-state index contributed by atoms with van der Waals surface area (Å²) >= 11 is 6.02. The molecule has 0 saturated carbocycles. The summed E-state index contributed by atoms with van der Waals surface area (Å²) in [6.45, 7) is 11.2. The van der Waals surface area contributed by atoms with Gasteiger partial charge in [0.1, 0.15) is 5.15 Å². The molecule has 4 heteroatoms. The van der Waals surface area contributed by atoms with Crippen molar-refractivity contribution >= 4 is 23.1 Å². The lowest BCUT2D eigenvalue weighted by molar-refractivity contribution is 0.786. The predicted molar refractivity (Wildman–Crippen MR) is 76.3 cm³/mol. The number of rotatable bonds is 1. The SMILES string of the molecule is CC.CCN1CCCNc2nc(Cl)c(C)cc21. The van der Waals surface area contributed by atoms with Crippen LogP contribution in [0.25, 0.3) is 0 Å². The quantitative estimate of drug-likeness (QED) is 0.776. The summed E-state index contributed by atoms with van der Waals surface area (Å²) in [6, 6.07) is 2.12. The van der Waals surface area contributed by atoms with E-state index in [-0.39, 0.29) is 0 Å². The van der Waals surface area contributed by atoms with E-state index in [9.17, 15) is 0 Å². The fourth-order valence-electron chi connectivity index (χ4n) is 1.87. The number of nitrogens with zero attached hydrogens (tertiary/aromatic N) is 2. The Hall–Kier alpha value is -0.960. The Labute approximate surface area is 109 Å². The van der Waals surface area contributed by atoms with Crippen molar-refractivity contribution in [1.29, 1.82) is 0 Å². The van der Waals surface area contributed by atoms with Crippen LogP contribution in [0.5, 0.6) is 0 Å². The summed E-state index contributed by atoms with van der Waals surface area (Å²) in [6.07, 6.45) is 1.14. The second-order valence-corrected chi connectivity index (χ2v) is 4.18. The summed E-state index contributed by atoms with van der Waals surface area (Å²) in [5.41, 5.74) is 2.22. The highest BCUT2D eigenvalue weighted by Crippen LogP contribution is 2.30. The molecule has 0 unspecified atom stereocenters. The molecule has 2 heterocycles. The molecule has 0 saturated heterocycles. The topological polar surface area (TPSA) is 28.2 Å². The minimum absolute atomic E-state index is 0.596. The second kappa shape index (κ2) is 6.70. The summed E-state index contributed by atoms with van der Waals surface area (Å²) in [4.78, 5) is 6.72. The summed E-state index contributed by atoms with van der Waals surface area (Å²) in [7, 11) is 0. The molecule has 17 heavy (non-hydrogen) atoms. The minimum Gasteiger partial charge on any atom is -0.369 e. The molecule has 1 aromatic rings. The third kappa shape index (κ3) is 3.25. The molecule has 0 spiro atoms. The number of hydrogen-bond acceptors (Lipinski definition) is 3. The molecule has 0 atom stereocenters. The average Bonchev–Trinajstić information content (AvgIpc) is 2.54. The standard InChI is InChI=1S/C11H16ClN3.C2H6/c1-3-15-6-4-5-13-11-9(15)7-8(2)10(12)14-11;1-2/h7H,3-6H2,1-2H3,(H,13,14);1-2H3. The maximum absolute atomic E-state index is 6.02. The van der Waals surface area contributed by atoms with Crippen molar-refractivity contribution < 1.29 is 0 Å². The molecule has 3 nitrogen and oxygen atoms in total. The van der Waals surface area contributed by atoms with Crippen LogP contribution in [0.1, 0.15) is 32.8 Å². The van der Waals surface area contributed by atoms with Gasteiger partial charge in [-0.3, -0.25) is 0 Å². The van der Waals surface area contributed by atoms with Crippen molar-refractivity contribution in [3.8, 4) is 0 Å². The fourth-order valence-corrected chi connectivity index (χ4v) is 2.01. The first-order valence-electron chi connectivity index (χ1n) is 6.38. The molecule has 1 N–H and O–H groups in total. The Kier molecular flexibility index (Phi) is 5.56. The summed E-state index contributed by atoms with van der Waals surface area (Å²) in [5.74, 6) is 0.921. The monoisotopic (exact) mass is 255 g/mol. The molecule has 0 aromatic carbocycles. The maximum Gasteiger partial charge on any atom is 0.151 e. The van der Waals surface area contributed by atoms with E-state index in [1.165, 1.54) is 5.69 Å². The highest BCUT2D eigenvalue weighted by molar-refractivity contribution is 6.30. The molecule has 1 aromatic heterocycles. The lowest BCUT2D eigenvalue weighted by Crippen LogP contribution is -2.23. The first-order valence-corrected chi connectivity index (χ1v) is 6.76. The van der Waals surface area contributed by atoms with Gasteiger partial charge < -0.3 is 10.2 Å². The fraction of sp³-hybridized carbons (Fsp3) is 0.615. The van der Waals surface area contributed by atoms with Crippen LogP contribution in [0.2, 0.25) is 5.15 Å². The van der Waals surface area contributed by atoms with Crippen LogP contribution < -0.4 is 10.2 Å². The average molecular weight is 256 g/mol. The largest absolute Gasteiger partial charge is 0.369 e. The van der Waals surface area contributed by atoms with E-state index in [0.717, 1.165) is 37.4 Å².